The van der Waals surface area contributed by atoms with Gasteiger partial charge < -0.3 is 5.32 Å². The van der Waals surface area contributed by atoms with E-state index < -0.39 is 5.38 Å². The Morgan fingerprint density at radius 3 is 2.55 bits per heavy atom. The van der Waals surface area contributed by atoms with Crippen molar-refractivity contribution in [2.24, 2.45) is 0 Å². The van der Waals surface area contributed by atoms with Crippen LogP contribution in [0.25, 0.3) is 0 Å². The highest BCUT2D eigenvalue weighted by atomic mass is 35.5. The van der Waals surface area contributed by atoms with Crippen molar-refractivity contribution in [1.29, 1.82) is 0 Å². The molecule has 1 saturated heterocycles. The van der Waals surface area contributed by atoms with Gasteiger partial charge in [-0.15, -0.1) is 23.4 Å². The molecule has 1 aliphatic rings. The van der Waals surface area contributed by atoms with Gasteiger partial charge in [-0.3, -0.25) is 14.5 Å². The molecule has 0 saturated carbocycles. The minimum Gasteiger partial charge on any atom is -0.325 e. The average molecular weight is 451 g/mol. The second-order valence-electron chi connectivity index (χ2n) is 7.34. The van der Waals surface area contributed by atoms with Crippen molar-refractivity contribution in [1.82, 2.24) is 0 Å². The summed E-state index contributed by atoms with van der Waals surface area (Å²) in [5.74, 6) is 0.280. The lowest BCUT2D eigenvalue weighted by Gasteiger charge is -2.25. The molecule has 1 N–H and O–H groups in total. The maximum absolute atomic E-state index is 12.6. The van der Waals surface area contributed by atoms with E-state index in [4.69, 9.17) is 11.6 Å². The third-order valence-electron chi connectivity index (χ3n) is 5.25. The van der Waals surface area contributed by atoms with Gasteiger partial charge in [-0.25, -0.2) is 0 Å². The molecule has 31 heavy (non-hydrogen) atoms. The van der Waals surface area contributed by atoms with E-state index in [9.17, 15) is 9.59 Å². The third kappa shape index (κ3) is 4.78. The zero-order chi connectivity index (χ0) is 21.8. The Hall–Kier alpha value is -2.76. The fourth-order valence-corrected chi connectivity index (χ4v) is 4.96. The Bertz CT molecular complexity index is 1070. The van der Waals surface area contributed by atoms with Gasteiger partial charge in [0.15, 0.2) is 0 Å². The number of nitrogens with zero attached hydrogens (tertiary/aromatic N) is 1. The van der Waals surface area contributed by atoms with Crippen molar-refractivity contribution < 1.29 is 9.59 Å². The Balaban J connectivity index is 1.49. The van der Waals surface area contributed by atoms with Crippen molar-refractivity contribution in [3.8, 4) is 0 Å². The molecule has 0 aliphatic carbocycles. The van der Waals surface area contributed by atoms with Crippen molar-refractivity contribution in [3.63, 3.8) is 0 Å². The summed E-state index contributed by atoms with van der Waals surface area (Å²) < 4.78 is 0. The quantitative estimate of drug-likeness (QED) is 0.472. The molecular formula is C25H23ClN2O2S. The molecule has 3 aromatic carbocycles. The van der Waals surface area contributed by atoms with Gasteiger partial charge in [-0.2, -0.15) is 0 Å². The van der Waals surface area contributed by atoms with Gasteiger partial charge in [-0.05, 0) is 47.4 Å². The molecule has 0 spiro atoms. The van der Waals surface area contributed by atoms with Crippen LogP contribution in [0.4, 0.5) is 11.4 Å². The minimum absolute atomic E-state index is 0.0885. The van der Waals surface area contributed by atoms with E-state index in [-0.39, 0.29) is 17.2 Å². The van der Waals surface area contributed by atoms with Gasteiger partial charge >= 0.3 is 0 Å². The second kappa shape index (κ2) is 9.58. The fourth-order valence-electron chi connectivity index (χ4n) is 3.59. The number of alkyl halides is 1. The van der Waals surface area contributed by atoms with Gasteiger partial charge in [-0.1, -0.05) is 61.5 Å². The lowest BCUT2D eigenvalue weighted by Crippen LogP contribution is -2.27. The van der Waals surface area contributed by atoms with E-state index >= 15 is 0 Å². The van der Waals surface area contributed by atoms with Crippen LogP contribution in [0.15, 0.2) is 78.9 Å². The van der Waals surface area contributed by atoms with Crippen LogP contribution in [0, 0.1) is 0 Å². The molecule has 0 aromatic heterocycles. The van der Waals surface area contributed by atoms with Crippen LogP contribution in [0.5, 0.6) is 0 Å². The maximum Gasteiger partial charge on any atom is 0.246 e. The zero-order valence-corrected chi connectivity index (χ0v) is 18.7. The lowest BCUT2D eigenvalue weighted by atomic mass is 10.1. The van der Waals surface area contributed by atoms with Crippen LogP contribution in [0.2, 0.25) is 0 Å². The molecular weight excluding hydrogens is 428 g/mol. The monoisotopic (exact) mass is 450 g/mol. The van der Waals surface area contributed by atoms with Crippen LogP contribution in [-0.2, 0) is 16.0 Å². The molecule has 0 radical (unpaired) electrons. The molecule has 4 nitrogen and oxygen atoms in total. The Labute approximate surface area is 191 Å². The largest absolute Gasteiger partial charge is 0.325 e. The SMILES string of the molecule is CCc1cccc(N2C(=O)CS[C@H]2c2ccc(NC(=O)[C@H](Cl)c3ccccc3)cc2)c1. The lowest BCUT2D eigenvalue weighted by molar-refractivity contribution is -0.116. The first kappa shape index (κ1) is 21.5. The number of aryl methyl sites for hydroxylation is 1. The van der Waals surface area contributed by atoms with Crippen LogP contribution >= 0.6 is 23.4 Å². The summed E-state index contributed by atoms with van der Waals surface area (Å²) in [7, 11) is 0. The molecule has 4 rings (SSSR count). The number of carbonyl (C=O) groups excluding carboxylic acids is 2. The first-order valence-corrected chi connectivity index (χ1v) is 11.7. The summed E-state index contributed by atoms with van der Waals surface area (Å²) in [5.41, 5.74) is 4.56. The smallest absolute Gasteiger partial charge is 0.246 e. The summed E-state index contributed by atoms with van der Waals surface area (Å²) in [5, 5.41) is 2.02. The van der Waals surface area contributed by atoms with Gasteiger partial charge in [0.1, 0.15) is 10.8 Å². The number of hydrogen-bond acceptors (Lipinski definition) is 3. The van der Waals surface area contributed by atoms with Gasteiger partial charge in [0, 0.05) is 11.4 Å². The topological polar surface area (TPSA) is 49.4 Å². The van der Waals surface area contributed by atoms with E-state index in [0.29, 0.717) is 11.4 Å². The predicted molar refractivity (Wildman–Crippen MR) is 129 cm³/mol. The van der Waals surface area contributed by atoms with E-state index in [1.54, 1.807) is 11.8 Å². The Morgan fingerprint density at radius 1 is 1.10 bits per heavy atom. The highest BCUT2D eigenvalue weighted by Crippen LogP contribution is 2.42. The number of nitrogens with one attached hydrogen (secondary N) is 1. The van der Waals surface area contributed by atoms with E-state index in [2.05, 4.69) is 24.4 Å². The predicted octanol–water partition coefficient (Wildman–Crippen LogP) is 5.95. The summed E-state index contributed by atoms with van der Waals surface area (Å²) in [6.07, 6.45) is 0.923. The molecule has 2 atom stereocenters. The van der Waals surface area contributed by atoms with E-state index in [1.165, 1.54) is 5.56 Å². The highest BCUT2D eigenvalue weighted by molar-refractivity contribution is 8.00. The average Bonchev–Trinajstić information content (AvgIpc) is 3.21. The standard InChI is InChI=1S/C25H23ClN2O2S/c1-2-17-7-6-10-21(15-17)28-22(29)16-31-25(28)19-11-13-20(14-12-19)27-24(30)23(26)18-8-4-3-5-9-18/h3-15,23,25H,2,16H2,1H3,(H,27,30)/t23-,25+/m1/s1. The van der Waals surface area contributed by atoms with Crippen LogP contribution in [-0.4, -0.2) is 17.6 Å². The third-order valence-corrected chi connectivity index (χ3v) is 6.91. The van der Waals surface area contributed by atoms with Gasteiger partial charge in [0.2, 0.25) is 11.8 Å². The fraction of sp³-hybridized carbons (Fsp3) is 0.200. The number of halogens is 1. The van der Waals surface area contributed by atoms with Crippen molar-refractivity contribution in [3.05, 3.63) is 95.6 Å². The highest BCUT2D eigenvalue weighted by Gasteiger charge is 2.34. The van der Waals surface area contributed by atoms with Crippen molar-refractivity contribution in [2.45, 2.75) is 24.1 Å². The number of benzene rings is 3. The second-order valence-corrected chi connectivity index (χ2v) is 8.84. The minimum atomic E-state index is -0.759. The first-order chi connectivity index (χ1) is 15.1. The number of rotatable bonds is 6. The molecule has 158 valence electrons. The molecule has 0 bridgehead atoms. The molecule has 2 amide bonds. The first-order valence-electron chi connectivity index (χ1n) is 10.2. The number of carbonyl (C=O) groups is 2. The van der Waals surface area contributed by atoms with Crippen LogP contribution in [0.1, 0.15) is 34.4 Å². The Morgan fingerprint density at radius 2 is 1.84 bits per heavy atom. The normalized spacial score (nSPS) is 16.9. The van der Waals surface area contributed by atoms with Crippen LogP contribution < -0.4 is 10.2 Å². The number of amides is 2. The number of hydrogen-bond donors (Lipinski definition) is 1. The summed E-state index contributed by atoms with van der Waals surface area (Å²) >= 11 is 7.92. The summed E-state index contributed by atoms with van der Waals surface area (Å²) in [6, 6.07) is 25.0. The van der Waals surface area contributed by atoms with Crippen molar-refractivity contribution in [2.75, 3.05) is 16.0 Å². The molecule has 6 heteroatoms. The molecule has 3 aromatic rings. The summed E-state index contributed by atoms with van der Waals surface area (Å²) in [6.45, 7) is 2.10. The van der Waals surface area contributed by atoms with Crippen LogP contribution in [0.3, 0.4) is 0 Å². The summed E-state index contributed by atoms with van der Waals surface area (Å²) in [4.78, 5) is 27.0. The number of thioether (sulfide) groups is 1. The number of anilines is 2. The van der Waals surface area contributed by atoms with Gasteiger partial charge in [0.05, 0.1) is 5.75 Å². The maximum atomic E-state index is 12.6. The Kier molecular flexibility index (Phi) is 6.64. The molecule has 0 unspecified atom stereocenters. The zero-order valence-electron chi connectivity index (χ0n) is 17.1. The van der Waals surface area contributed by atoms with Gasteiger partial charge in [0.25, 0.3) is 0 Å². The molecule has 1 aliphatic heterocycles. The molecule has 1 fully saturated rings. The van der Waals surface area contributed by atoms with E-state index in [1.807, 2.05) is 71.6 Å². The molecule has 1 heterocycles. The van der Waals surface area contributed by atoms with E-state index in [0.717, 1.165) is 23.2 Å². The van der Waals surface area contributed by atoms with Crippen molar-refractivity contribution >= 4 is 46.6 Å².